The van der Waals surface area contributed by atoms with Gasteiger partial charge in [-0.05, 0) is 24.6 Å². The van der Waals surface area contributed by atoms with E-state index in [1.807, 2.05) is 0 Å². The van der Waals surface area contributed by atoms with Crippen LogP contribution in [-0.2, 0) is 4.79 Å². The maximum absolute atomic E-state index is 11.0. The molecule has 1 rings (SSSR count). The Hall–Kier alpha value is -2.28. The molecule has 0 unspecified atom stereocenters. The minimum absolute atomic E-state index is 0.0377. The second-order valence-electron chi connectivity index (χ2n) is 3.37. The van der Waals surface area contributed by atoms with Gasteiger partial charge in [-0.2, -0.15) is 0 Å². The minimum atomic E-state index is -0.461. The van der Waals surface area contributed by atoms with E-state index in [2.05, 4.69) is 5.92 Å². The third-order valence-corrected chi connectivity index (χ3v) is 1.96. The monoisotopic (exact) mass is 232 g/mol. The molecule has 0 N–H and O–H groups in total. The minimum Gasteiger partial charge on any atom is -0.477 e. The number of aldehydes is 1. The number of carbonyl (C=O) groups excluding carboxylic acids is 2. The van der Waals surface area contributed by atoms with Crippen molar-refractivity contribution in [3.8, 4) is 23.8 Å². The second-order valence-corrected chi connectivity index (χ2v) is 3.37. The number of rotatable bonds is 4. The number of terminal acetylenes is 1. The lowest BCUT2D eigenvalue weighted by molar-refractivity contribution is -0.132. The maximum Gasteiger partial charge on any atom is 0.308 e. The summed E-state index contributed by atoms with van der Waals surface area (Å²) in [4.78, 5) is 21.7. The zero-order chi connectivity index (χ0) is 12.8. The van der Waals surface area contributed by atoms with Crippen LogP contribution in [0.25, 0.3) is 0 Å². The average Bonchev–Trinajstić information content (AvgIpc) is 2.29. The van der Waals surface area contributed by atoms with Crippen molar-refractivity contribution >= 4 is 12.3 Å². The SMILES string of the molecule is C#CCOc1cc(C=O)cc(C)c1OC(C)=O. The van der Waals surface area contributed by atoms with Crippen LogP contribution >= 0.6 is 0 Å². The fourth-order valence-electron chi connectivity index (χ4n) is 1.34. The number of ether oxygens (including phenoxy) is 2. The van der Waals surface area contributed by atoms with Crippen molar-refractivity contribution in [3.05, 3.63) is 23.3 Å². The summed E-state index contributed by atoms with van der Waals surface area (Å²) in [5.41, 5.74) is 1.07. The summed E-state index contributed by atoms with van der Waals surface area (Å²) in [7, 11) is 0. The van der Waals surface area contributed by atoms with E-state index in [1.54, 1.807) is 13.0 Å². The van der Waals surface area contributed by atoms with Gasteiger partial charge >= 0.3 is 5.97 Å². The van der Waals surface area contributed by atoms with Gasteiger partial charge in [-0.25, -0.2) is 0 Å². The number of hydrogen-bond acceptors (Lipinski definition) is 4. The van der Waals surface area contributed by atoms with E-state index in [0.29, 0.717) is 28.9 Å². The summed E-state index contributed by atoms with van der Waals surface area (Å²) < 4.78 is 10.3. The van der Waals surface area contributed by atoms with Gasteiger partial charge in [-0.15, -0.1) is 6.42 Å². The van der Waals surface area contributed by atoms with Crippen LogP contribution in [0.2, 0.25) is 0 Å². The lowest BCUT2D eigenvalue weighted by Crippen LogP contribution is -2.06. The van der Waals surface area contributed by atoms with E-state index in [9.17, 15) is 9.59 Å². The van der Waals surface area contributed by atoms with E-state index in [4.69, 9.17) is 15.9 Å². The van der Waals surface area contributed by atoms with Crippen LogP contribution in [0, 0.1) is 19.3 Å². The Balaban J connectivity index is 3.19. The highest BCUT2D eigenvalue weighted by molar-refractivity contribution is 5.78. The molecule has 4 heteroatoms. The summed E-state index contributed by atoms with van der Waals surface area (Å²) in [6, 6.07) is 3.09. The highest BCUT2D eigenvalue weighted by atomic mass is 16.6. The van der Waals surface area contributed by atoms with Gasteiger partial charge in [0.2, 0.25) is 0 Å². The molecule has 0 atom stereocenters. The summed E-state index contributed by atoms with van der Waals surface area (Å²) in [5.74, 6) is 2.42. The fraction of sp³-hybridized carbons (Fsp3) is 0.231. The lowest BCUT2D eigenvalue weighted by Gasteiger charge is -2.12. The molecule has 0 aliphatic heterocycles. The Bertz CT molecular complexity index is 483. The molecule has 1 aromatic carbocycles. The molecule has 0 fully saturated rings. The van der Waals surface area contributed by atoms with Gasteiger partial charge in [0.05, 0.1) is 0 Å². The summed E-state index contributed by atoms with van der Waals surface area (Å²) in [6.45, 7) is 3.04. The fourth-order valence-corrected chi connectivity index (χ4v) is 1.34. The smallest absolute Gasteiger partial charge is 0.308 e. The van der Waals surface area contributed by atoms with Gasteiger partial charge in [0, 0.05) is 12.5 Å². The number of esters is 1. The first-order valence-electron chi connectivity index (χ1n) is 4.93. The Morgan fingerprint density at radius 1 is 1.53 bits per heavy atom. The van der Waals surface area contributed by atoms with Gasteiger partial charge < -0.3 is 9.47 Å². The molecule has 0 aromatic heterocycles. The first-order chi connectivity index (χ1) is 8.08. The Labute approximate surface area is 99.5 Å². The molecule has 88 valence electrons. The summed E-state index contributed by atoms with van der Waals surface area (Å²) >= 11 is 0. The normalized spacial score (nSPS) is 9.24. The highest BCUT2D eigenvalue weighted by Gasteiger charge is 2.12. The molecule has 0 amide bonds. The summed E-state index contributed by atoms with van der Waals surface area (Å²) in [5, 5.41) is 0. The summed E-state index contributed by atoms with van der Waals surface area (Å²) in [6.07, 6.45) is 5.77. The largest absolute Gasteiger partial charge is 0.477 e. The highest BCUT2D eigenvalue weighted by Crippen LogP contribution is 2.32. The molecule has 0 aliphatic carbocycles. The molecular weight excluding hydrogens is 220 g/mol. The number of hydrogen-bond donors (Lipinski definition) is 0. The van der Waals surface area contributed by atoms with E-state index < -0.39 is 5.97 Å². The van der Waals surface area contributed by atoms with Gasteiger partial charge in [-0.1, -0.05) is 5.92 Å². The Kier molecular flexibility index (Phi) is 4.29. The van der Waals surface area contributed by atoms with Gasteiger partial charge in [0.15, 0.2) is 11.5 Å². The maximum atomic E-state index is 11.0. The van der Waals surface area contributed by atoms with Crippen molar-refractivity contribution in [1.29, 1.82) is 0 Å². The first-order valence-corrected chi connectivity index (χ1v) is 4.93. The predicted octanol–water partition coefficient (Wildman–Crippen LogP) is 1.74. The molecule has 0 heterocycles. The van der Waals surface area contributed by atoms with Gasteiger partial charge in [0.25, 0.3) is 0 Å². The molecule has 0 spiro atoms. The van der Waals surface area contributed by atoms with E-state index in [1.165, 1.54) is 13.0 Å². The second kappa shape index (κ2) is 5.71. The predicted molar refractivity (Wildman–Crippen MR) is 62.2 cm³/mol. The van der Waals surface area contributed by atoms with Gasteiger partial charge in [0.1, 0.15) is 12.9 Å². The lowest BCUT2D eigenvalue weighted by atomic mass is 10.1. The number of carbonyl (C=O) groups is 2. The van der Waals surface area contributed by atoms with Crippen molar-refractivity contribution in [3.63, 3.8) is 0 Å². The molecule has 0 bridgehead atoms. The molecule has 0 aliphatic rings. The van der Waals surface area contributed by atoms with E-state index >= 15 is 0 Å². The van der Waals surface area contributed by atoms with Crippen LogP contribution < -0.4 is 9.47 Å². The third-order valence-electron chi connectivity index (χ3n) is 1.96. The van der Waals surface area contributed by atoms with Gasteiger partial charge in [-0.3, -0.25) is 9.59 Å². The number of aryl methyl sites for hydroxylation is 1. The quantitative estimate of drug-likeness (QED) is 0.343. The van der Waals surface area contributed by atoms with Crippen LogP contribution in [-0.4, -0.2) is 18.9 Å². The molecule has 17 heavy (non-hydrogen) atoms. The van der Waals surface area contributed by atoms with E-state index in [0.717, 1.165) is 0 Å². The number of benzene rings is 1. The molecular formula is C13H12O4. The zero-order valence-electron chi connectivity index (χ0n) is 9.65. The molecule has 0 radical (unpaired) electrons. The van der Waals surface area contributed by atoms with Crippen LogP contribution in [0.5, 0.6) is 11.5 Å². The van der Waals surface area contributed by atoms with Crippen LogP contribution in [0.15, 0.2) is 12.1 Å². The van der Waals surface area contributed by atoms with Crippen LogP contribution in [0.4, 0.5) is 0 Å². The Morgan fingerprint density at radius 3 is 2.76 bits per heavy atom. The molecule has 0 saturated heterocycles. The first kappa shape index (κ1) is 12.8. The third kappa shape index (κ3) is 3.35. The molecule has 0 saturated carbocycles. The average molecular weight is 232 g/mol. The van der Waals surface area contributed by atoms with Crippen molar-refractivity contribution in [2.24, 2.45) is 0 Å². The van der Waals surface area contributed by atoms with Crippen LogP contribution in [0.3, 0.4) is 0 Å². The molecule has 4 nitrogen and oxygen atoms in total. The standard InChI is InChI=1S/C13H12O4/c1-4-5-16-12-7-11(8-14)6-9(2)13(12)17-10(3)15/h1,6-8H,5H2,2-3H3. The van der Waals surface area contributed by atoms with Crippen LogP contribution in [0.1, 0.15) is 22.8 Å². The van der Waals surface area contributed by atoms with E-state index in [-0.39, 0.29) is 6.61 Å². The van der Waals surface area contributed by atoms with Crippen molar-refractivity contribution in [2.45, 2.75) is 13.8 Å². The van der Waals surface area contributed by atoms with Crippen molar-refractivity contribution < 1.29 is 19.1 Å². The topological polar surface area (TPSA) is 52.6 Å². The van der Waals surface area contributed by atoms with Crippen molar-refractivity contribution in [2.75, 3.05) is 6.61 Å². The zero-order valence-corrected chi connectivity index (χ0v) is 9.65. The Morgan fingerprint density at radius 2 is 2.24 bits per heavy atom. The molecule has 1 aromatic rings. The van der Waals surface area contributed by atoms with Crippen molar-refractivity contribution in [1.82, 2.24) is 0 Å².